The Labute approximate surface area is 167 Å². The SMILES string of the molecule is CNC(=O)c1ccc2cc(-c3nn(C4CCCCC4)c4ncnc(N)c34)[nH]c2c1. The molecule has 8 nitrogen and oxygen atoms in total. The van der Waals surface area contributed by atoms with E-state index in [2.05, 4.69) is 20.3 Å². The first kappa shape index (κ1) is 17.7. The Kier molecular flexibility index (Phi) is 4.19. The number of rotatable bonds is 3. The second-order valence-corrected chi connectivity index (χ2v) is 7.61. The van der Waals surface area contributed by atoms with Crippen molar-refractivity contribution in [1.82, 2.24) is 30.0 Å². The van der Waals surface area contributed by atoms with Gasteiger partial charge in [0.1, 0.15) is 17.8 Å². The number of hydrogen-bond donors (Lipinski definition) is 3. The zero-order chi connectivity index (χ0) is 20.0. The predicted molar refractivity (Wildman–Crippen MR) is 113 cm³/mol. The fourth-order valence-electron chi connectivity index (χ4n) is 4.30. The highest BCUT2D eigenvalue weighted by Gasteiger charge is 2.24. The van der Waals surface area contributed by atoms with Crippen LogP contribution in [-0.2, 0) is 0 Å². The van der Waals surface area contributed by atoms with Gasteiger partial charge in [-0.25, -0.2) is 14.6 Å². The zero-order valence-corrected chi connectivity index (χ0v) is 16.3. The lowest BCUT2D eigenvalue weighted by Gasteiger charge is -2.22. The molecule has 4 aromatic rings. The Morgan fingerprint density at radius 1 is 1.21 bits per heavy atom. The molecule has 1 amide bonds. The third kappa shape index (κ3) is 2.91. The second-order valence-electron chi connectivity index (χ2n) is 7.61. The summed E-state index contributed by atoms with van der Waals surface area (Å²) >= 11 is 0. The van der Waals surface area contributed by atoms with Crippen molar-refractivity contribution in [2.45, 2.75) is 38.1 Å². The standard InChI is InChI=1S/C21H23N7O/c1-23-21(29)13-8-7-12-9-16(26-15(12)10-13)18-17-19(22)24-11-25-20(17)28(27-18)14-5-3-2-4-6-14/h7-11,14,26H,2-6H2,1H3,(H,23,29)(H2,22,24,25). The molecule has 4 N–H and O–H groups in total. The predicted octanol–water partition coefficient (Wildman–Crippen LogP) is 3.42. The van der Waals surface area contributed by atoms with Crippen molar-refractivity contribution in [1.29, 1.82) is 0 Å². The van der Waals surface area contributed by atoms with Crippen molar-refractivity contribution in [2.75, 3.05) is 12.8 Å². The molecule has 0 aliphatic heterocycles. The molecule has 1 aromatic carbocycles. The summed E-state index contributed by atoms with van der Waals surface area (Å²) in [5.74, 6) is 0.310. The van der Waals surface area contributed by atoms with Crippen molar-refractivity contribution in [3.8, 4) is 11.4 Å². The molecule has 148 valence electrons. The van der Waals surface area contributed by atoms with Gasteiger partial charge < -0.3 is 16.0 Å². The smallest absolute Gasteiger partial charge is 0.251 e. The average molecular weight is 389 g/mol. The maximum absolute atomic E-state index is 12.0. The minimum absolute atomic E-state index is 0.118. The lowest BCUT2D eigenvalue weighted by molar-refractivity contribution is 0.0963. The number of nitrogens with two attached hydrogens (primary N) is 1. The van der Waals surface area contributed by atoms with E-state index in [0.29, 0.717) is 17.4 Å². The van der Waals surface area contributed by atoms with Crippen LogP contribution in [0.5, 0.6) is 0 Å². The quantitative estimate of drug-likeness (QED) is 0.497. The first-order valence-electron chi connectivity index (χ1n) is 9.99. The van der Waals surface area contributed by atoms with Gasteiger partial charge in [-0.2, -0.15) is 5.10 Å². The van der Waals surface area contributed by atoms with Crippen molar-refractivity contribution in [2.24, 2.45) is 0 Å². The van der Waals surface area contributed by atoms with E-state index in [1.54, 1.807) is 7.05 Å². The summed E-state index contributed by atoms with van der Waals surface area (Å²) in [5, 5.41) is 9.37. The van der Waals surface area contributed by atoms with Crippen LogP contribution in [0.2, 0.25) is 0 Å². The maximum atomic E-state index is 12.0. The van der Waals surface area contributed by atoms with Crippen LogP contribution in [-0.4, -0.2) is 37.7 Å². The molecule has 29 heavy (non-hydrogen) atoms. The summed E-state index contributed by atoms with van der Waals surface area (Å²) < 4.78 is 2.03. The van der Waals surface area contributed by atoms with E-state index in [-0.39, 0.29) is 5.91 Å². The third-order valence-corrected chi connectivity index (χ3v) is 5.81. The van der Waals surface area contributed by atoms with Crippen LogP contribution in [0.1, 0.15) is 48.5 Å². The molecule has 0 saturated heterocycles. The van der Waals surface area contributed by atoms with Gasteiger partial charge in [0.2, 0.25) is 0 Å². The lowest BCUT2D eigenvalue weighted by Crippen LogP contribution is -2.17. The van der Waals surface area contributed by atoms with Gasteiger partial charge in [-0.15, -0.1) is 0 Å². The normalized spacial score (nSPS) is 15.2. The Hall–Kier alpha value is -3.42. The third-order valence-electron chi connectivity index (χ3n) is 5.81. The number of nitrogens with one attached hydrogen (secondary N) is 2. The first-order chi connectivity index (χ1) is 14.2. The number of aromatic amines is 1. The number of nitrogen functional groups attached to an aromatic ring is 1. The molecule has 8 heteroatoms. The molecular formula is C21H23N7O. The number of aromatic nitrogens is 5. The largest absolute Gasteiger partial charge is 0.383 e. The van der Waals surface area contributed by atoms with Crippen LogP contribution in [0.3, 0.4) is 0 Å². The van der Waals surface area contributed by atoms with Crippen LogP contribution in [0, 0.1) is 0 Å². The minimum atomic E-state index is -0.118. The van der Waals surface area contributed by atoms with Gasteiger partial charge in [0, 0.05) is 23.5 Å². The van der Waals surface area contributed by atoms with Crippen LogP contribution in [0.15, 0.2) is 30.6 Å². The van der Waals surface area contributed by atoms with E-state index in [1.165, 1.54) is 25.6 Å². The molecular weight excluding hydrogens is 366 g/mol. The highest BCUT2D eigenvalue weighted by atomic mass is 16.1. The summed E-state index contributed by atoms with van der Waals surface area (Å²) in [6.07, 6.45) is 7.39. The Morgan fingerprint density at radius 2 is 2.03 bits per heavy atom. The minimum Gasteiger partial charge on any atom is -0.383 e. The highest BCUT2D eigenvalue weighted by molar-refractivity contribution is 6.02. The van der Waals surface area contributed by atoms with Gasteiger partial charge in [0.25, 0.3) is 5.91 Å². The number of benzene rings is 1. The van der Waals surface area contributed by atoms with Gasteiger partial charge >= 0.3 is 0 Å². The molecule has 1 aliphatic carbocycles. The molecule has 0 atom stereocenters. The van der Waals surface area contributed by atoms with E-state index in [1.807, 2.05) is 28.9 Å². The fourth-order valence-corrected chi connectivity index (χ4v) is 4.30. The Bertz CT molecular complexity index is 1220. The van der Waals surface area contributed by atoms with Gasteiger partial charge in [0.15, 0.2) is 5.65 Å². The van der Waals surface area contributed by atoms with Crippen LogP contribution in [0.4, 0.5) is 5.82 Å². The van der Waals surface area contributed by atoms with Gasteiger partial charge in [0.05, 0.1) is 17.1 Å². The number of hydrogen-bond acceptors (Lipinski definition) is 5. The molecule has 0 bridgehead atoms. The average Bonchev–Trinajstić information content (AvgIpc) is 3.35. The topological polar surface area (TPSA) is 115 Å². The molecule has 1 saturated carbocycles. The van der Waals surface area contributed by atoms with E-state index >= 15 is 0 Å². The van der Waals surface area contributed by atoms with E-state index in [9.17, 15) is 4.79 Å². The number of nitrogens with zero attached hydrogens (tertiary/aromatic N) is 4. The molecule has 0 spiro atoms. The summed E-state index contributed by atoms with van der Waals surface area (Å²) in [4.78, 5) is 24.1. The molecule has 5 rings (SSSR count). The monoisotopic (exact) mass is 389 g/mol. The fraction of sp³-hybridized carbons (Fsp3) is 0.333. The second kappa shape index (κ2) is 6.88. The van der Waals surface area contributed by atoms with Crippen LogP contribution >= 0.6 is 0 Å². The number of carbonyl (C=O) groups excluding carboxylic acids is 1. The first-order valence-corrected chi connectivity index (χ1v) is 9.99. The number of carbonyl (C=O) groups is 1. The highest BCUT2D eigenvalue weighted by Crippen LogP contribution is 2.36. The summed E-state index contributed by atoms with van der Waals surface area (Å²) in [6.45, 7) is 0. The van der Waals surface area contributed by atoms with Crippen molar-refractivity contribution >= 4 is 33.7 Å². The van der Waals surface area contributed by atoms with E-state index in [0.717, 1.165) is 46.2 Å². The molecule has 3 aromatic heterocycles. The molecule has 0 radical (unpaired) electrons. The van der Waals surface area contributed by atoms with Crippen molar-refractivity contribution in [3.05, 3.63) is 36.2 Å². The van der Waals surface area contributed by atoms with Crippen molar-refractivity contribution < 1.29 is 4.79 Å². The van der Waals surface area contributed by atoms with E-state index < -0.39 is 0 Å². The summed E-state index contributed by atoms with van der Waals surface area (Å²) in [5.41, 5.74) is 10.1. The summed E-state index contributed by atoms with van der Waals surface area (Å²) in [7, 11) is 1.62. The number of fused-ring (bicyclic) bond motifs is 2. The van der Waals surface area contributed by atoms with Crippen LogP contribution in [0.25, 0.3) is 33.3 Å². The Morgan fingerprint density at radius 3 is 2.83 bits per heavy atom. The number of anilines is 1. The molecule has 1 aliphatic rings. The molecule has 0 unspecified atom stereocenters. The zero-order valence-electron chi connectivity index (χ0n) is 16.3. The lowest BCUT2D eigenvalue weighted by atomic mass is 9.96. The van der Waals surface area contributed by atoms with Gasteiger partial charge in [-0.05, 0) is 31.0 Å². The molecule has 1 fully saturated rings. The number of H-pyrrole nitrogens is 1. The van der Waals surface area contributed by atoms with Crippen LogP contribution < -0.4 is 11.1 Å². The molecule has 3 heterocycles. The van der Waals surface area contributed by atoms with E-state index in [4.69, 9.17) is 10.8 Å². The number of amides is 1. The van der Waals surface area contributed by atoms with Gasteiger partial charge in [-0.1, -0.05) is 25.3 Å². The van der Waals surface area contributed by atoms with Crippen molar-refractivity contribution in [3.63, 3.8) is 0 Å². The Balaban J connectivity index is 1.67. The maximum Gasteiger partial charge on any atom is 0.251 e. The van der Waals surface area contributed by atoms with Gasteiger partial charge in [-0.3, -0.25) is 4.79 Å². The summed E-state index contributed by atoms with van der Waals surface area (Å²) in [6, 6.07) is 7.95.